The van der Waals surface area contributed by atoms with E-state index in [9.17, 15) is 9.59 Å². The number of carbonyl (C=O) groups is 2. The van der Waals surface area contributed by atoms with E-state index in [1.54, 1.807) is 41.5 Å². The summed E-state index contributed by atoms with van der Waals surface area (Å²) in [5.74, 6) is -1.80. The zero-order valence-electron chi connectivity index (χ0n) is 13.3. The van der Waals surface area contributed by atoms with Gasteiger partial charge in [0.1, 0.15) is 19.0 Å². The highest BCUT2D eigenvalue weighted by Gasteiger charge is 2.34. The molecule has 0 aliphatic carbocycles. The molecule has 0 spiro atoms. The van der Waals surface area contributed by atoms with Crippen LogP contribution >= 0.6 is 0 Å². The van der Waals surface area contributed by atoms with Gasteiger partial charge in [-0.2, -0.15) is 0 Å². The predicted octanol–water partition coefficient (Wildman–Crippen LogP) is 2.12. The molecule has 0 saturated heterocycles. The number of hydrogen-bond donors (Lipinski definition) is 0. The van der Waals surface area contributed by atoms with Crippen LogP contribution in [0, 0.1) is 5.92 Å². The summed E-state index contributed by atoms with van der Waals surface area (Å²) in [4.78, 5) is 24.1. The van der Waals surface area contributed by atoms with Gasteiger partial charge in [-0.1, -0.05) is 12.7 Å². The van der Waals surface area contributed by atoms with Gasteiger partial charge in [-0.25, -0.2) is 0 Å². The van der Waals surface area contributed by atoms with Gasteiger partial charge < -0.3 is 9.47 Å². The fourth-order valence-electron chi connectivity index (χ4n) is 1.49. The summed E-state index contributed by atoms with van der Waals surface area (Å²) in [6, 6.07) is 0. The highest BCUT2D eigenvalue weighted by atomic mass is 16.6. The lowest BCUT2D eigenvalue weighted by Gasteiger charge is -2.26. The van der Waals surface area contributed by atoms with Crippen molar-refractivity contribution in [3.05, 3.63) is 0 Å². The molecule has 0 N–H and O–H groups in total. The quantitative estimate of drug-likeness (QED) is 0.436. The van der Waals surface area contributed by atoms with Crippen LogP contribution in [0.5, 0.6) is 0 Å². The Balaban J connectivity index is 4.80. The first-order valence-corrected chi connectivity index (χ1v) is 6.92. The third-order valence-corrected chi connectivity index (χ3v) is 2.23. The van der Waals surface area contributed by atoms with Crippen molar-refractivity contribution < 1.29 is 19.1 Å². The minimum absolute atomic E-state index is 0.473. The molecule has 110 valence electrons. The lowest BCUT2D eigenvalue weighted by Crippen LogP contribution is -2.36. The van der Waals surface area contributed by atoms with E-state index in [4.69, 9.17) is 9.47 Å². The smallest absolute Gasteiger partial charge is 0.320 e. The van der Waals surface area contributed by atoms with Crippen LogP contribution in [0.25, 0.3) is 0 Å². The minimum Gasteiger partial charge on any atom is -0.459 e. The average molecular weight is 270 g/mol. The van der Waals surface area contributed by atoms with Crippen molar-refractivity contribution in [1.82, 2.24) is 0 Å². The van der Waals surface area contributed by atoms with Crippen LogP contribution in [-0.2, 0) is 19.1 Å². The van der Waals surface area contributed by atoms with E-state index in [-0.39, 0.29) is 0 Å². The van der Waals surface area contributed by atoms with E-state index in [1.807, 2.05) is 7.85 Å². The summed E-state index contributed by atoms with van der Waals surface area (Å²) in [5.41, 5.74) is -1.19. The molecule has 0 aliphatic rings. The average Bonchev–Trinajstić information content (AvgIpc) is 2.12. The SMILES string of the molecule is BCCCC(C(=O)OC(C)(C)C)C(=O)OC(C)(C)C. The van der Waals surface area contributed by atoms with E-state index in [0.29, 0.717) is 6.42 Å². The molecule has 0 bridgehead atoms. The van der Waals surface area contributed by atoms with Crippen molar-refractivity contribution in [2.75, 3.05) is 0 Å². The maximum Gasteiger partial charge on any atom is 0.320 e. The Bertz CT molecular complexity index is 284. The third kappa shape index (κ3) is 8.68. The molecule has 0 saturated carbocycles. The van der Waals surface area contributed by atoms with E-state index >= 15 is 0 Å². The second-order valence-corrected chi connectivity index (χ2v) is 6.76. The summed E-state index contributed by atoms with van der Waals surface area (Å²) in [6.45, 7) is 10.7. The third-order valence-electron chi connectivity index (χ3n) is 2.23. The molecule has 0 aromatic heterocycles. The van der Waals surface area contributed by atoms with Gasteiger partial charge in [0.25, 0.3) is 0 Å². The Hall–Kier alpha value is -0.995. The summed E-state index contributed by atoms with van der Waals surface area (Å²) < 4.78 is 10.6. The van der Waals surface area contributed by atoms with Crippen molar-refractivity contribution in [2.24, 2.45) is 5.92 Å². The van der Waals surface area contributed by atoms with Crippen LogP contribution in [0.3, 0.4) is 0 Å². The molecule has 0 amide bonds. The van der Waals surface area contributed by atoms with Gasteiger partial charge in [0.05, 0.1) is 0 Å². The van der Waals surface area contributed by atoms with Crippen LogP contribution in [0.2, 0.25) is 6.32 Å². The molecule has 0 radical (unpaired) electrons. The molecular formula is C14H27BO4. The van der Waals surface area contributed by atoms with Gasteiger partial charge in [-0.3, -0.25) is 9.59 Å². The van der Waals surface area contributed by atoms with Gasteiger partial charge >= 0.3 is 11.9 Å². The Kier molecular flexibility index (Phi) is 6.60. The topological polar surface area (TPSA) is 52.6 Å². The number of rotatable bonds is 5. The summed E-state index contributed by atoms with van der Waals surface area (Å²) >= 11 is 0. The number of hydrogen-bond acceptors (Lipinski definition) is 4. The first kappa shape index (κ1) is 18.0. The van der Waals surface area contributed by atoms with Crippen molar-refractivity contribution in [3.63, 3.8) is 0 Å². The Morgan fingerprint density at radius 3 is 1.58 bits per heavy atom. The maximum absolute atomic E-state index is 12.1. The van der Waals surface area contributed by atoms with Gasteiger partial charge in [0, 0.05) is 0 Å². The normalized spacial score (nSPS) is 12.4. The van der Waals surface area contributed by atoms with Gasteiger partial charge in [0.2, 0.25) is 0 Å². The molecule has 0 fully saturated rings. The van der Waals surface area contributed by atoms with Crippen LogP contribution in [0.1, 0.15) is 54.4 Å². The fourth-order valence-corrected chi connectivity index (χ4v) is 1.49. The van der Waals surface area contributed by atoms with Crippen molar-refractivity contribution in [3.8, 4) is 0 Å². The van der Waals surface area contributed by atoms with Gasteiger partial charge in [-0.15, -0.1) is 0 Å². The number of esters is 2. The zero-order chi connectivity index (χ0) is 15.3. The van der Waals surface area contributed by atoms with Gasteiger partial charge in [0.15, 0.2) is 5.92 Å². The Morgan fingerprint density at radius 2 is 1.32 bits per heavy atom. The Labute approximate surface area is 117 Å². The molecule has 4 nitrogen and oxygen atoms in total. The summed E-state index contributed by atoms with van der Waals surface area (Å²) in [5, 5.41) is 0. The zero-order valence-corrected chi connectivity index (χ0v) is 13.3. The van der Waals surface area contributed by atoms with E-state index in [0.717, 1.165) is 12.7 Å². The highest BCUT2D eigenvalue weighted by molar-refractivity contribution is 6.08. The molecule has 0 aromatic rings. The van der Waals surface area contributed by atoms with Crippen LogP contribution < -0.4 is 0 Å². The van der Waals surface area contributed by atoms with Crippen LogP contribution in [-0.4, -0.2) is 31.0 Å². The molecule has 0 atom stereocenters. The number of ether oxygens (including phenoxy) is 2. The van der Waals surface area contributed by atoms with Crippen molar-refractivity contribution in [1.29, 1.82) is 0 Å². The van der Waals surface area contributed by atoms with Crippen LogP contribution in [0.15, 0.2) is 0 Å². The first-order valence-electron chi connectivity index (χ1n) is 6.92. The highest BCUT2D eigenvalue weighted by Crippen LogP contribution is 2.20. The lowest BCUT2D eigenvalue weighted by atomic mass is 9.94. The largest absolute Gasteiger partial charge is 0.459 e. The molecular weight excluding hydrogens is 243 g/mol. The molecule has 0 unspecified atom stereocenters. The maximum atomic E-state index is 12.1. The monoisotopic (exact) mass is 270 g/mol. The standard InChI is InChI=1S/C14H27BO4/c1-13(2,3)18-11(16)10(8-7-9-15)12(17)19-14(4,5)6/h10H,7-9,15H2,1-6H3. The van der Waals surface area contributed by atoms with Crippen molar-refractivity contribution in [2.45, 2.75) is 71.9 Å². The minimum atomic E-state index is -0.821. The Morgan fingerprint density at radius 1 is 0.947 bits per heavy atom. The first-order chi connectivity index (χ1) is 8.46. The molecule has 19 heavy (non-hydrogen) atoms. The van der Waals surface area contributed by atoms with E-state index < -0.39 is 29.1 Å². The molecule has 0 rings (SSSR count). The molecule has 5 heteroatoms. The second kappa shape index (κ2) is 6.97. The number of carbonyl (C=O) groups excluding carboxylic acids is 2. The lowest BCUT2D eigenvalue weighted by molar-refractivity contribution is -0.174. The summed E-state index contributed by atoms with van der Waals surface area (Å²) in [7, 11) is 2.02. The molecule has 0 aromatic carbocycles. The van der Waals surface area contributed by atoms with E-state index in [1.165, 1.54) is 0 Å². The predicted molar refractivity (Wildman–Crippen MR) is 77.8 cm³/mol. The van der Waals surface area contributed by atoms with Crippen LogP contribution in [0.4, 0.5) is 0 Å². The van der Waals surface area contributed by atoms with Crippen molar-refractivity contribution >= 4 is 19.8 Å². The van der Waals surface area contributed by atoms with E-state index in [2.05, 4.69) is 0 Å². The fraction of sp³-hybridized carbons (Fsp3) is 0.857. The van der Waals surface area contributed by atoms with Gasteiger partial charge in [-0.05, 0) is 48.0 Å². The molecule has 0 aliphatic heterocycles. The molecule has 0 heterocycles. The summed E-state index contributed by atoms with van der Waals surface area (Å²) in [6.07, 6.45) is 2.19. The second-order valence-electron chi connectivity index (χ2n) is 6.76.